The first-order chi connectivity index (χ1) is 5.16. The summed E-state index contributed by atoms with van der Waals surface area (Å²) in [6, 6.07) is 0. The van der Waals surface area contributed by atoms with Crippen LogP contribution in [0.5, 0.6) is 0 Å². The zero-order valence-corrected chi connectivity index (χ0v) is 7.17. The third kappa shape index (κ3) is 1.97. The highest BCUT2D eigenvalue weighted by atomic mass is 14.5. The zero-order chi connectivity index (χ0) is 8.32. The number of allylic oxidation sites excluding steroid dienone is 5. The molecule has 1 nitrogen and oxygen atoms in total. The average molecular weight is 149 g/mol. The van der Waals surface area contributed by atoms with Gasteiger partial charge in [0.1, 0.15) is 0 Å². The Morgan fingerprint density at radius 2 is 2.36 bits per heavy atom. The highest BCUT2D eigenvalue weighted by Gasteiger charge is 2.17. The minimum atomic E-state index is 0.147. The van der Waals surface area contributed by atoms with Crippen LogP contribution in [0.1, 0.15) is 20.3 Å². The number of hydrogen-bond donors (Lipinski definition) is 1. The third-order valence-corrected chi connectivity index (χ3v) is 2.07. The lowest BCUT2D eigenvalue weighted by molar-refractivity contribution is 0.552. The second kappa shape index (κ2) is 2.95. The van der Waals surface area contributed by atoms with Crippen molar-refractivity contribution >= 4 is 0 Å². The van der Waals surface area contributed by atoms with Crippen LogP contribution in [0.2, 0.25) is 0 Å². The van der Waals surface area contributed by atoms with Crippen LogP contribution in [0.25, 0.3) is 0 Å². The monoisotopic (exact) mass is 149 g/mol. The van der Waals surface area contributed by atoms with Crippen molar-refractivity contribution in [2.24, 2.45) is 11.1 Å². The Balaban J connectivity index is 2.74. The quantitative estimate of drug-likeness (QED) is 0.608. The first-order valence-corrected chi connectivity index (χ1v) is 3.92. The molecule has 1 aliphatic rings. The second-order valence-electron chi connectivity index (χ2n) is 3.35. The molecule has 0 fully saturated rings. The fourth-order valence-corrected chi connectivity index (χ4v) is 1.18. The Morgan fingerprint density at radius 3 is 2.82 bits per heavy atom. The molecule has 0 saturated heterocycles. The molecule has 0 heterocycles. The summed E-state index contributed by atoms with van der Waals surface area (Å²) in [7, 11) is 0. The van der Waals surface area contributed by atoms with E-state index >= 15 is 0 Å². The first kappa shape index (κ1) is 8.12. The molecule has 0 saturated carbocycles. The summed E-state index contributed by atoms with van der Waals surface area (Å²) in [5.74, 6) is 0. The van der Waals surface area contributed by atoms with Gasteiger partial charge >= 0.3 is 0 Å². The standard InChI is InChI=1S/C10H15N/c1-9-3-5-10(2,6-4-9)7-8-11/h3-5,7-8H,6,11H2,1-2H3. The van der Waals surface area contributed by atoms with Crippen molar-refractivity contribution in [2.45, 2.75) is 20.3 Å². The average Bonchev–Trinajstić information content (AvgIpc) is 1.97. The van der Waals surface area contributed by atoms with Crippen molar-refractivity contribution in [3.05, 3.63) is 36.1 Å². The molecule has 1 atom stereocenters. The largest absolute Gasteiger partial charge is 0.405 e. The maximum Gasteiger partial charge on any atom is 0.00876 e. The minimum absolute atomic E-state index is 0.147. The van der Waals surface area contributed by atoms with Crippen LogP contribution in [-0.2, 0) is 0 Å². The molecule has 0 amide bonds. The molecule has 1 aliphatic carbocycles. The van der Waals surface area contributed by atoms with E-state index in [1.807, 2.05) is 6.08 Å². The molecule has 0 aromatic rings. The predicted molar refractivity (Wildman–Crippen MR) is 48.9 cm³/mol. The van der Waals surface area contributed by atoms with Crippen LogP contribution >= 0.6 is 0 Å². The van der Waals surface area contributed by atoms with Gasteiger partial charge < -0.3 is 5.73 Å². The van der Waals surface area contributed by atoms with Crippen LogP contribution in [-0.4, -0.2) is 0 Å². The van der Waals surface area contributed by atoms with Gasteiger partial charge in [-0.05, 0) is 19.5 Å². The van der Waals surface area contributed by atoms with E-state index in [2.05, 4.69) is 32.1 Å². The SMILES string of the molecule is CC1=CCC(C)(C=CN)C=C1. The van der Waals surface area contributed by atoms with Crippen molar-refractivity contribution in [2.75, 3.05) is 0 Å². The first-order valence-electron chi connectivity index (χ1n) is 3.92. The number of hydrogen-bond acceptors (Lipinski definition) is 1. The van der Waals surface area contributed by atoms with E-state index in [-0.39, 0.29) is 5.41 Å². The third-order valence-electron chi connectivity index (χ3n) is 2.07. The van der Waals surface area contributed by atoms with Gasteiger partial charge in [0, 0.05) is 5.41 Å². The van der Waals surface area contributed by atoms with Gasteiger partial charge in [-0.15, -0.1) is 0 Å². The van der Waals surface area contributed by atoms with Crippen molar-refractivity contribution < 1.29 is 0 Å². The van der Waals surface area contributed by atoms with Crippen LogP contribution in [0.3, 0.4) is 0 Å². The zero-order valence-electron chi connectivity index (χ0n) is 7.17. The summed E-state index contributed by atoms with van der Waals surface area (Å²) in [5.41, 5.74) is 6.83. The maximum absolute atomic E-state index is 5.34. The van der Waals surface area contributed by atoms with Gasteiger partial charge in [0.05, 0.1) is 0 Å². The Morgan fingerprint density at radius 1 is 1.64 bits per heavy atom. The van der Waals surface area contributed by atoms with Gasteiger partial charge in [0.2, 0.25) is 0 Å². The van der Waals surface area contributed by atoms with Gasteiger partial charge in [-0.25, -0.2) is 0 Å². The lowest BCUT2D eigenvalue weighted by atomic mass is 9.82. The molecule has 0 aromatic carbocycles. The van der Waals surface area contributed by atoms with E-state index in [0.29, 0.717) is 0 Å². The molecule has 0 radical (unpaired) electrons. The summed E-state index contributed by atoms with van der Waals surface area (Å²) in [6.07, 6.45) is 11.3. The molecule has 1 rings (SSSR count). The molecule has 0 aliphatic heterocycles. The van der Waals surface area contributed by atoms with E-state index in [0.717, 1.165) is 6.42 Å². The normalized spacial score (nSPS) is 30.9. The molecule has 0 bridgehead atoms. The Labute approximate surface area is 68.3 Å². The molecule has 60 valence electrons. The highest BCUT2D eigenvalue weighted by molar-refractivity contribution is 5.27. The van der Waals surface area contributed by atoms with Crippen LogP contribution in [0, 0.1) is 5.41 Å². The molecule has 11 heavy (non-hydrogen) atoms. The fourth-order valence-electron chi connectivity index (χ4n) is 1.18. The summed E-state index contributed by atoms with van der Waals surface area (Å²) >= 11 is 0. The Kier molecular flexibility index (Phi) is 2.18. The van der Waals surface area contributed by atoms with Gasteiger partial charge in [0.15, 0.2) is 0 Å². The van der Waals surface area contributed by atoms with Gasteiger partial charge in [0.25, 0.3) is 0 Å². The van der Waals surface area contributed by atoms with E-state index in [4.69, 9.17) is 5.73 Å². The van der Waals surface area contributed by atoms with E-state index in [1.165, 1.54) is 5.57 Å². The molecule has 0 spiro atoms. The molecular weight excluding hydrogens is 134 g/mol. The molecule has 2 N–H and O–H groups in total. The second-order valence-corrected chi connectivity index (χ2v) is 3.35. The Hall–Kier alpha value is -0.980. The van der Waals surface area contributed by atoms with E-state index in [1.54, 1.807) is 6.20 Å². The van der Waals surface area contributed by atoms with Gasteiger partial charge in [-0.1, -0.05) is 36.8 Å². The summed E-state index contributed by atoms with van der Waals surface area (Å²) in [5, 5.41) is 0. The molecular formula is C10H15N. The lowest BCUT2D eigenvalue weighted by Crippen LogP contribution is -2.11. The summed E-state index contributed by atoms with van der Waals surface area (Å²) in [4.78, 5) is 0. The number of nitrogens with two attached hydrogens (primary N) is 1. The predicted octanol–water partition coefficient (Wildman–Crippen LogP) is 2.37. The maximum atomic E-state index is 5.34. The topological polar surface area (TPSA) is 26.0 Å². The molecule has 0 aromatic heterocycles. The minimum Gasteiger partial charge on any atom is -0.405 e. The van der Waals surface area contributed by atoms with Crippen LogP contribution < -0.4 is 5.73 Å². The van der Waals surface area contributed by atoms with Crippen molar-refractivity contribution in [1.82, 2.24) is 0 Å². The van der Waals surface area contributed by atoms with Crippen molar-refractivity contribution in [1.29, 1.82) is 0 Å². The van der Waals surface area contributed by atoms with Crippen molar-refractivity contribution in [3.8, 4) is 0 Å². The van der Waals surface area contributed by atoms with Crippen LogP contribution in [0.4, 0.5) is 0 Å². The molecule has 1 heteroatoms. The van der Waals surface area contributed by atoms with Gasteiger partial charge in [-0.3, -0.25) is 0 Å². The highest BCUT2D eigenvalue weighted by Crippen LogP contribution is 2.30. The van der Waals surface area contributed by atoms with Gasteiger partial charge in [-0.2, -0.15) is 0 Å². The van der Waals surface area contributed by atoms with Crippen LogP contribution in [0.15, 0.2) is 36.1 Å². The van der Waals surface area contributed by atoms with E-state index in [9.17, 15) is 0 Å². The fraction of sp³-hybridized carbons (Fsp3) is 0.400. The van der Waals surface area contributed by atoms with E-state index < -0.39 is 0 Å². The van der Waals surface area contributed by atoms with Crippen molar-refractivity contribution in [3.63, 3.8) is 0 Å². The smallest absolute Gasteiger partial charge is 0.00876 e. The lowest BCUT2D eigenvalue weighted by Gasteiger charge is -2.22. The summed E-state index contributed by atoms with van der Waals surface area (Å²) < 4.78 is 0. The number of rotatable bonds is 1. The molecule has 1 unspecified atom stereocenters. The summed E-state index contributed by atoms with van der Waals surface area (Å²) in [6.45, 7) is 4.29. The Bertz CT molecular complexity index is 223.